The Balaban J connectivity index is 1.23. The predicted molar refractivity (Wildman–Crippen MR) is 100 cm³/mol. The molecule has 1 saturated carbocycles. The van der Waals surface area contributed by atoms with Crippen molar-refractivity contribution in [3.8, 4) is 0 Å². The maximum absolute atomic E-state index is 12.7. The van der Waals surface area contributed by atoms with Crippen molar-refractivity contribution < 1.29 is 14.4 Å². The minimum absolute atomic E-state index is 0.118. The second-order valence-electron chi connectivity index (χ2n) is 8.38. The van der Waals surface area contributed by atoms with E-state index in [0.29, 0.717) is 25.9 Å². The van der Waals surface area contributed by atoms with Crippen molar-refractivity contribution in [2.24, 2.45) is 0 Å². The Morgan fingerprint density at radius 3 is 2.07 bits per heavy atom. The second-order valence-corrected chi connectivity index (χ2v) is 8.38. The van der Waals surface area contributed by atoms with Gasteiger partial charge in [-0.3, -0.25) is 19.4 Å². The molecule has 3 saturated heterocycles. The molecule has 0 unspecified atom stereocenters. The summed E-state index contributed by atoms with van der Waals surface area (Å²) in [5.74, 6) is -0.324. The minimum Gasteiger partial charge on any atom is -0.339 e. The summed E-state index contributed by atoms with van der Waals surface area (Å²) in [4.78, 5) is 45.4. The van der Waals surface area contributed by atoms with Crippen LogP contribution < -0.4 is 5.32 Å². The first-order chi connectivity index (χ1) is 13.1. The van der Waals surface area contributed by atoms with Gasteiger partial charge < -0.3 is 15.1 Å². The van der Waals surface area contributed by atoms with Gasteiger partial charge in [-0.15, -0.1) is 0 Å². The van der Waals surface area contributed by atoms with Crippen LogP contribution >= 0.6 is 0 Å². The van der Waals surface area contributed by atoms with Crippen LogP contribution in [-0.4, -0.2) is 102 Å². The molecular weight excluding hydrogens is 346 g/mol. The van der Waals surface area contributed by atoms with Crippen LogP contribution in [0.4, 0.5) is 4.79 Å². The first kappa shape index (κ1) is 18.7. The zero-order valence-electron chi connectivity index (χ0n) is 16.1. The number of carbonyl (C=O) groups is 3. The Labute approximate surface area is 160 Å². The number of urea groups is 1. The predicted octanol–water partition coefficient (Wildman–Crippen LogP) is 0.0910. The Kier molecular flexibility index (Phi) is 5.36. The van der Waals surface area contributed by atoms with Gasteiger partial charge in [0.1, 0.15) is 12.1 Å². The van der Waals surface area contributed by atoms with Crippen LogP contribution in [0.5, 0.6) is 0 Å². The summed E-state index contributed by atoms with van der Waals surface area (Å²) < 4.78 is 0. The molecule has 8 heteroatoms. The largest absolute Gasteiger partial charge is 0.339 e. The highest BCUT2D eigenvalue weighted by Crippen LogP contribution is 2.34. The fraction of sp³-hybridized carbons (Fsp3) is 0.842. The summed E-state index contributed by atoms with van der Waals surface area (Å²) >= 11 is 0. The molecule has 3 heterocycles. The van der Waals surface area contributed by atoms with Crippen LogP contribution in [-0.2, 0) is 9.59 Å². The average molecular weight is 377 g/mol. The van der Waals surface area contributed by atoms with Crippen LogP contribution in [0.1, 0.15) is 38.5 Å². The highest BCUT2D eigenvalue weighted by atomic mass is 16.2. The lowest BCUT2D eigenvalue weighted by Gasteiger charge is -2.36. The van der Waals surface area contributed by atoms with Gasteiger partial charge in [-0.25, -0.2) is 4.79 Å². The maximum Gasteiger partial charge on any atom is 0.325 e. The zero-order valence-corrected chi connectivity index (χ0v) is 16.1. The smallest absolute Gasteiger partial charge is 0.325 e. The van der Waals surface area contributed by atoms with E-state index in [1.807, 2.05) is 0 Å². The SMILES string of the molecule is O=C(CN1C(=O)NC2(CCCC2)C1=O)N1CCN(CCN2CCCC2)CC1. The van der Waals surface area contributed by atoms with Gasteiger partial charge in [0.25, 0.3) is 5.91 Å². The van der Waals surface area contributed by atoms with E-state index in [4.69, 9.17) is 0 Å². The lowest BCUT2D eigenvalue weighted by Crippen LogP contribution is -2.53. The fourth-order valence-electron chi connectivity index (χ4n) is 4.88. The first-order valence-corrected chi connectivity index (χ1v) is 10.4. The minimum atomic E-state index is -0.731. The van der Waals surface area contributed by atoms with E-state index in [2.05, 4.69) is 15.1 Å². The van der Waals surface area contributed by atoms with Gasteiger partial charge in [0.15, 0.2) is 0 Å². The van der Waals surface area contributed by atoms with E-state index >= 15 is 0 Å². The third-order valence-electron chi connectivity index (χ3n) is 6.65. The van der Waals surface area contributed by atoms with E-state index in [0.717, 1.165) is 43.9 Å². The molecule has 0 bridgehead atoms. The van der Waals surface area contributed by atoms with E-state index in [-0.39, 0.29) is 18.4 Å². The highest BCUT2D eigenvalue weighted by molar-refractivity contribution is 6.09. The topological polar surface area (TPSA) is 76.2 Å². The second kappa shape index (κ2) is 7.75. The normalized spacial score (nSPS) is 26.4. The first-order valence-electron chi connectivity index (χ1n) is 10.4. The van der Waals surface area contributed by atoms with Gasteiger partial charge in [-0.05, 0) is 38.8 Å². The molecule has 0 aromatic carbocycles. The molecule has 0 aromatic heterocycles. The number of hydrogen-bond acceptors (Lipinski definition) is 5. The molecule has 4 aliphatic rings. The van der Waals surface area contributed by atoms with E-state index in [9.17, 15) is 14.4 Å². The molecule has 0 atom stereocenters. The van der Waals surface area contributed by atoms with Crippen molar-refractivity contribution in [1.82, 2.24) is 24.9 Å². The monoisotopic (exact) mass is 377 g/mol. The molecular formula is C19H31N5O3. The number of rotatable bonds is 5. The maximum atomic E-state index is 12.7. The summed E-state index contributed by atoms with van der Waals surface area (Å²) in [6.07, 6.45) is 5.91. The highest BCUT2D eigenvalue weighted by Gasteiger charge is 2.52. The van der Waals surface area contributed by atoms with Gasteiger partial charge in [0.2, 0.25) is 5.91 Å². The molecule has 1 aliphatic carbocycles. The van der Waals surface area contributed by atoms with Crippen LogP contribution in [0, 0.1) is 0 Å². The average Bonchev–Trinajstić information content (AvgIpc) is 3.40. The van der Waals surface area contributed by atoms with Gasteiger partial charge in [-0.2, -0.15) is 0 Å². The molecule has 4 amide bonds. The van der Waals surface area contributed by atoms with Crippen molar-refractivity contribution in [2.75, 3.05) is 58.9 Å². The Morgan fingerprint density at radius 2 is 1.44 bits per heavy atom. The molecule has 150 valence electrons. The van der Waals surface area contributed by atoms with E-state index in [1.54, 1.807) is 4.90 Å². The Hall–Kier alpha value is -1.67. The molecule has 4 fully saturated rings. The number of piperazine rings is 1. The van der Waals surface area contributed by atoms with Gasteiger partial charge in [0, 0.05) is 39.3 Å². The molecule has 4 rings (SSSR count). The van der Waals surface area contributed by atoms with E-state index < -0.39 is 11.6 Å². The van der Waals surface area contributed by atoms with Crippen molar-refractivity contribution >= 4 is 17.8 Å². The van der Waals surface area contributed by atoms with Crippen molar-refractivity contribution in [2.45, 2.75) is 44.1 Å². The van der Waals surface area contributed by atoms with Crippen LogP contribution in [0.25, 0.3) is 0 Å². The molecule has 8 nitrogen and oxygen atoms in total. The molecule has 0 radical (unpaired) electrons. The van der Waals surface area contributed by atoms with Gasteiger partial charge in [-0.1, -0.05) is 12.8 Å². The van der Waals surface area contributed by atoms with Gasteiger partial charge in [0.05, 0.1) is 0 Å². The summed E-state index contributed by atoms with van der Waals surface area (Å²) in [6.45, 7) is 7.54. The number of likely N-dealkylation sites (tertiary alicyclic amines) is 1. The standard InChI is InChI=1S/C19H31N5O3/c25-16(15-24-17(26)19(20-18(24)27)5-1-2-6-19)23-13-11-22(12-14-23)10-9-21-7-3-4-8-21/h1-15H2,(H,20,27). The number of nitrogens with one attached hydrogen (secondary N) is 1. The molecule has 27 heavy (non-hydrogen) atoms. The van der Waals surface area contributed by atoms with Gasteiger partial charge >= 0.3 is 6.03 Å². The van der Waals surface area contributed by atoms with Crippen molar-refractivity contribution in [3.63, 3.8) is 0 Å². The van der Waals surface area contributed by atoms with Crippen LogP contribution in [0.2, 0.25) is 0 Å². The molecule has 1 spiro atoms. The third kappa shape index (κ3) is 3.82. The van der Waals surface area contributed by atoms with Crippen molar-refractivity contribution in [1.29, 1.82) is 0 Å². The van der Waals surface area contributed by atoms with Crippen molar-refractivity contribution in [3.05, 3.63) is 0 Å². The summed E-state index contributed by atoms with van der Waals surface area (Å²) in [6, 6.07) is -0.403. The Bertz CT molecular complexity index is 590. The fourth-order valence-corrected chi connectivity index (χ4v) is 4.88. The molecule has 3 aliphatic heterocycles. The molecule has 1 N–H and O–H groups in total. The third-order valence-corrected chi connectivity index (χ3v) is 6.65. The summed E-state index contributed by atoms with van der Waals surface area (Å²) in [7, 11) is 0. The Morgan fingerprint density at radius 1 is 0.852 bits per heavy atom. The number of imide groups is 1. The van der Waals surface area contributed by atoms with Crippen LogP contribution in [0.15, 0.2) is 0 Å². The quantitative estimate of drug-likeness (QED) is 0.688. The lowest BCUT2D eigenvalue weighted by atomic mass is 9.98. The van der Waals surface area contributed by atoms with E-state index in [1.165, 1.54) is 25.9 Å². The number of hydrogen-bond donors (Lipinski definition) is 1. The number of amides is 4. The zero-order chi connectivity index (χ0) is 18.9. The summed E-state index contributed by atoms with van der Waals surface area (Å²) in [5.41, 5.74) is -0.731. The molecule has 0 aromatic rings. The number of carbonyl (C=O) groups excluding carboxylic acids is 3. The number of nitrogens with zero attached hydrogens (tertiary/aromatic N) is 4. The van der Waals surface area contributed by atoms with Crippen LogP contribution in [0.3, 0.4) is 0 Å². The lowest BCUT2D eigenvalue weighted by molar-refractivity contribution is -0.139. The summed E-state index contributed by atoms with van der Waals surface area (Å²) in [5, 5.41) is 2.84.